The summed E-state index contributed by atoms with van der Waals surface area (Å²) in [5.41, 5.74) is 8.85. The third-order valence-electron chi connectivity index (χ3n) is 4.62. The Kier molecular flexibility index (Phi) is 5.30. The van der Waals surface area contributed by atoms with Crippen LogP contribution >= 0.6 is 11.6 Å². The molecule has 0 unspecified atom stereocenters. The number of carbonyl (C=O) groups is 1. The lowest BCUT2D eigenvalue weighted by Crippen LogP contribution is -2.38. The molecule has 0 saturated carbocycles. The van der Waals surface area contributed by atoms with Gasteiger partial charge in [0.2, 0.25) is 5.91 Å². The van der Waals surface area contributed by atoms with Crippen LogP contribution in [0.25, 0.3) is 0 Å². The topological polar surface area (TPSA) is 75.0 Å². The fourth-order valence-corrected chi connectivity index (χ4v) is 3.51. The number of nitriles is 1. The van der Waals surface area contributed by atoms with Gasteiger partial charge < -0.3 is 15.2 Å². The number of carbonyl (C=O) groups excluding carboxylic acids is 1. The Morgan fingerprint density at radius 3 is 2.68 bits per heavy atom. The number of halogens is 1. The van der Waals surface area contributed by atoms with E-state index >= 15 is 0 Å². The van der Waals surface area contributed by atoms with Gasteiger partial charge >= 0.3 is 0 Å². The van der Waals surface area contributed by atoms with Crippen LogP contribution < -0.4 is 5.73 Å². The molecule has 1 aliphatic heterocycles. The zero-order chi connectivity index (χ0) is 17.8. The lowest BCUT2D eigenvalue weighted by atomic mass is 10.1. The van der Waals surface area contributed by atoms with Gasteiger partial charge in [0.05, 0.1) is 5.69 Å². The highest BCUT2D eigenvalue weighted by Crippen LogP contribution is 2.23. The van der Waals surface area contributed by atoms with E-state index in [1.165, 1.54) is 6.42 Å². The van der Waals surface area contributed by atoms with Crippen LogP contribution in [-0.2, 0) is 17.8 Å². The van der Waals surface area contributed by atoms with E-state index in [0.29, 0.717) is 22.8 Å². The smallest absolute Gasteiger partial charge is 0.242 e. The van der Waals surface area contributed by atoms with Crippen molar-refractivity contribution in [2.45, 2.75) is 32.2 Å². The van der Waals surface area contributed by atoms with E-state index in [9.17, 15) is 10.1 Å². The van der Waals surface area contributed by atoms with Crippen LogP contribution in [0.1, 0.15) is 36.2 Å². The van der Waals surface area contributed by atoms with Crippen molar-refractivity contribution < 1.29 is 4.79 Å². The summed E-state index contributed by atoms with van der Waals surface area (Å²) in [6, 6.07) is 11.3. The molecule has 2 N–H and O–H groups in total. The first-order chi connectivity index (χ1) is 12.1. The molecule has 2 heterocycles. The first-order valence-corrected chi connectivity index (χ1v) is 8.86. The molecule has 1 fully saturated rings. The summed E-state index contributed by atoms with van der Waals surface area (Å²) in [6.07, 6.45) is 3.78. The van der Waals surface area contributed by atoms with Crippen LogP contribution in [0, 0.1) is 11.3 Å². The Balaban J connectivity index is 1.87. The highest BCUT2D eigenvalue weighted by Gasteiger charge is 2.21. The Morgan fingerprint density at radius 2 is 2.00 bits per heavy atom. The lowest BCUT2D eigenvalue weighted by molar-refractivity contribution is -0.132. The Labute approximate surface area is 152 Å². The van der Waals surface area contributed by atoms with Crippen molar-refractivity contribution in [1.82, 2.24) is 9.47 Å². The molecule has 1 aromatic heterocycles. The van der Waals surface area contributed by atoms with Crippen LogP contribution in [0.4, 0.5) is 5.69 Å². The number of hydrogen-bond donors (Lipinski definition) is 1. The summed E-state index contributed by atoms with van der Waals surface area (Å²) >= 11 is 6.06. The van der Waals surface area contributed by atoms with E-state index in [2.05, 4.69) is 6.07 Å². The monoisotopic (exact) mass is 356 g/mol. The molecule has 2 aromatic rings. The maximum atomic E-state index is 12.6. The van der Waals surface area contributed by atoms with Crippen LogP contribution in [-0.4, -0.2) is 28.5 Å². The molecule has 6 heteroatoms. The van der Waals surface area contributed by atoms with E-state index in [4.69, 9.17) is 17.3 Å². The van der Waals surface area contributed by atoms with Crippen molar-refractivity contribution in [2.75, 3.05) is 18.8 Å². The van der Waals surface area contributed by atoms with Gasteiger partial charge in [0.1, 0.15) is 18.3 Å². The molecular weight excluding hydrogens is 336 g/mol. The molecule has 1 saturated heterocycles. The number of benzene rings is 1. The summed E-state index contributed by atoms with van der Waals surface area (Å²) in [7, 11) is 0. The van der Waals surface area contributed by atoms with Crippen LogP contribution in [0.3, 0.4) is 0 Å². The third-order valence-corrected chi connectivity index (χ3v) is 4.85. The number of amides is 1. The second-order valence-electron chi connectivity index (χ2n) is 6.38. The molecule has 130 valence electrons. The van der Waals surface area contributed by atoms with Gasteiger partial charge in [-0.1, -0.05) is 23.7 Å². The molecule has 1 aromatic carbocycles. The van der Waals surface area contributed by atoms with Gasteiger partial charge in [-0.2, -0.15) is 5.26 Å². The number of anilines is 1. The van der Waals surface area contributed by atoms with E-state index in [-0.39, 0.29) is 12.5 Å². The number of likely N-dealkylation sites (tertiary alicyclic amines) is 1. The highest BCUT2D eigenvalue weighted by atomic mass is 35.5. The SMILES string of the molecule is N#Cc1cc(N)c(Cc2cccc(Cl)c2)n1CC(=O)N1CCCCC1. The number of nitrogen functional groups attached to an aromatic ring is 1. The molecular formula is C19H21ClN4O. The number of rotatable bonds is 4. The summed E-state index contributed by atoms with van der Waals surface area (Å²) in [5.74, 6) is 0.0409. The van der Waals surface area contributed by atoms with Crippen molar-refractivity contribution in [3.05, 3.63) is 52.3 Å². The minimum atomic E-state index is 0.0409. The highest BCUT2D eigenvalue weighted by molar-refractivity contribution is 6.30. The van der Waals surface area contributed by atoms with Gasteiger partial charge in [-0.15, -0.1) is 0 Å². The zero-order valence-corrected chi connectivity index (χ0v) is 14.8. The predicted octanol–water partition coefficient (Wildman–Crippen LogP) is 3.20. The van der Waals surface area contributed by atoms with Gasteiger partial charge in [0.15, 0.2) is 0 Å². The van der Waals surface area contributed by atoms with E-state index in [1.807, 2.05) is 29.2 Å². The average molecular weight is 357 g/mol. The molecule has 1 amide bonds. The standard InChI is InChI=1S/C19H21ClN4O/c20-15-6-4-5-14(9-15)10-18-17(22)11-16(12-21)24(18)13-19(25)23-7-2-1-3-8-23/h4-6,9,11H,1-3,7-8,10,13,22H2. The largest absolute Gasteiger partial charge is 0.397 e. The Morgan fingerprint density at radius 1 is 1.24 bits per heavy atom. The van der Waals surface area contributed by atoms with E-state index in [0.717, 1.165) is 37.2 Å². The summed E-state index contributed by atoms with van der Waals surface area (Å²) < 4.78 is 1.74. The quantitative estimate of drug-likeness (QED) is 0.914. The lowest BCUT2D eigenvalue weighted by Gasteiger charge is -2.27. The normalized spacial score (nSPS) is 14.3. The van der Waals surface area contributed by atoms with Crippen LogP contribution in [0.5, 0.6) is 0 Å². The van der Waals surface area contributed by atoms with Gasteiger partial charge in [-0.05, 0) is 43.0 Å². The summed E-state index contributed by atoms with van der Waals surface area (Å²) in [4.78, 5) is 14.5. The number of piperidine rings is 1. The van der Waals surface area contributed by atoms with Gasteiger partial charge in [0, 0.05) is 30.2 Å². The average Bonchev–Trinajstić information content (AvgIpc) is 2.91. The summed E-state index contributed by atoms with van der Waals surface area (Å²) in [5, 5.41) is 10.1. The number of hydrogen-bond acceptors (Lipinski definition) is 3. The number of nitrogens with two attached hydrogens (primary N) is 1. The van der Waals surface area contributed by atoms with Crippen molar-refractivity contribution in [1.29, 1.82) is 5.26 Å². The molecule has 1 aliphatic rings. The van der Waals surface area contributed by atoms with E-state index in [1.54, 1.807) is 10.6 Å². The maximum Gasteiger partial charge on any atom is 0.242 e. The molecule has 0 bridgehead atoms. The van der Waals surface area contributed by atoms with Gasteiger partial charge in [0.25, 0.3) is 0 Å². The van der Waals surface area contributed by atoms with Crippen molar-refractivity contribution in [3.63, 3.8) is 0 Å². The molecule has 0 radical (unpaired) electrons. The van der Waals surface area contributed by atoms with Gasteiger partial charge in [-0.3, -0.25) is 4.79 Å². The third kappa shape index (κ3) is 3.97. The van der Waals surface area contributed by atoms with Crippen molar-refractivity contribution in [3.8, 4) is 6.07 Å². The molecule has 0 atom stereocenters. The fraction of sp³-hybridized carbons (Fsp3) is 0.368. The first kappa shape index (κ1) is 17.4. The van der Waals surface area contributed by atoms with Crippen molar-refractivity contribution in [2.24, 2.45) is 0 Å². The van der Waals surface area contributed by atoms with Gasteiger partial charge in [-0.25, -0.2) is 0 Å². The molecule has 0 aliphatic carbocycles. The number of nitrogens with zero attached hydrogens (tertiary/aromatic N) is 3. The minimum Gasteiger partial charge on any atom is -0.397 e. The predicted molar refractivity (Wildman–Crippen MR) is 98.2 cm³/mol. The zero-order valence-electron chi connectivity index (χ0n) is 14.0. The fourth-order valence-electron chi connectivity index (χ4n) is 3.30. The summed E-state index contributed by atoms with van der Waals surface area (Å²) in [6.45, 7) is 1.73. The second kappa shape index (κ2) is 7.62. The maximum absolute atomic E-state index is 12.6. The van der Waals surface area contributed by atoms with Crippen LogP contribution in [0.15, 0.2) is 30.3 Å². The van der Waals surface area contributed by atoms with Crippen LogP contribution in [0.2, 0.25) is 5.02 Å². The number of aromatic nitrogens is 1. The molecule has 25 heavy (non-hydrogen) atoms. The minimum absolute atomic E-state index is 0.0409. The van der Waals surface area contributed by atoms with E-state index < -0.39 is 0 Å². The first-order valence-electron chi connectivity index (χ1n) is 8.48. The second-order valence-corrected chi connectivity index (χ2v) is 6.81. The Bertz CT molecular complexity index is 815. The molecule has 3 rings (SSSR count). The molecule has 5 nitrogen and oxygen atoms in total. The van der Waals surface area contributed by atoms with Crippen molar-refractivity contribution >= 4 is 23.2 Å². The molecule has 0 spiro atoms. The Hall–Kier alpha value is -2.45.